The number of carbonyl (C=O) groups is 1. The highest BCUT2D eigenvalue weighted by molar-refractivity contribution is 6.31. The highest BCUT2D eigenvalue weighted by Gasteiger charge is 2.24. The fourth-order valence-corrected chi connectivity index (χ4v) is 5.80. The zero-order valence-electron chi connectivity index (χ0n) is 22.8. The minimum absolute atomic E-state index is 0.146. The summed E-state index contributed by atoms with van der Waals surface area (Å²) < 4.78 is 20.1. The van der Waals surface area contributed by atoms with Crippen LogP contribution in [0, 0.1) is 5.82 Å². The quantitative estimate of drug-likeness (QED) is 0.248. The smallest absolute Gasteiger partial charge is 0.219 e. The van der Waals surface area contributed by atoms with Crippen molar-refractivity contribution in [2.45, 2.75) is 25.7 Å². The zero-order chi connectivity index (χ0) is 28.1. The molecule has 1 unspecified atom stereocenters. The fourth-order valence-electron chi connectivity index (χ4n) is 5.63. The van der Waals surface area contributed by atoms with Gasteiger partial charge in [0, 0.05) is 67.2 Å². The molecular formula is C32H36ClFN4O2. The molecule has 1 aliphatic rings. The second-order valence-corrected chi connectivity index (χ2v) is 10.8. The monoisotopic (exact) mass is 562 g/mol. The number of fused-ring (bicyclic) bond motifs is 1. The van der Waals surface area contributed by atoms with Gasteiger partial charge in [-0.05, 0) is 78.5 Å². The first-order chi connectivity index (χ1) is 19.4. The maximum Gasteiger partial charge on any atom is 0.219 e. The number of hydrogen-bond donors (Lipinski definition) is 2. The Bertz CT molecular complexity index is 1450. The summed E-state index contributed by atoms with van der Waals surface area (Å²) in [6, 6.07) is 20.7. The summed E-state index contributed by atoms with van der Waals surface area (Å²) in [6.45, 7) is 7.03. The predicted octanol–water partition coefficient (Wildman–Crippen LogP) is 5.57. The summed E-state index contributed by atoms with van der Waals surface area (Å²) in [5.41, 5.74) is 11.2. The van der Waals surface area contributed by atoms with Crippen molar-refractivity contribution in [3.05, 3.63) is 100.0 Å². The van der Waals surface area contributed by atoms with E-state index in [1.807, 2.05) is 47.4 Å². The lowest BCUT2D eigenvalue weighted by molar-refractivity contribution is -0.130. The SMILES string of the molecule is CC(=O)N1CCN(CCCOc2cccc(C(c3ccc(F)cc3)c3[nH]c4ccc(Cl)cc4c3CCN)c2)CC1. The van der Waals surface area contributed by atoms with Gasteiger partial charge < -0.3 is 20.4 Å². The molecule has 1 fully saturated rings. The lowest BCUT2D eigenvalue weighted by Gasteiger charge is -2.34. The number of nitrogens with two attached hydrogens (primary N) is 1. The number of nitrogens with zero attached hydrogens (tertiary/aromatic N) is 2. The van der Waals surface area contributed by atoms with Crippen molar-refractivity contribution in [2.75, 3.05) is 45.9 Å². The van der Waals surface area contributed by atoms with Crippen LogP contribution in [0.4, 0.5) is 4.39 Å². The van der Waals surface area contributed by atoms with E-state index in [1.54, 1.807) is 6.92 Å². The maximum absolute atomic E-state index is 13.9. The Labute approximate surface area is 239 Å². The van der Waals surface area contributed by atoms with E-state index in [2.05, 4.69) is 22.0 Å². The summed E-state index contributed by atoms with van der Waals surface area (Å²) in [5, 5.41) is 1.72. The van der Waals surface area contributed by atoms with Crippen molar-refractivity contribution in [1.82, 2.24) is 14.8 Å². The number of amides is 1. The molecule has 1 aromatic heterocycles. The molecule has 210 valence electrons. The predicted molar refractivity (Wildman–Crippen MR) is 159 cm³/mol. The molecule has 5 rings (SSSR count). The fraction of sp³-hybridized carbons (Fsp3) is 0.344. The average Bonchev–Trinajstić information content (AvgIpc) is 3.30. The third kappa shape index (κ3) is 6.49. The Morgan fingerprint density at radius 3 is 2.55 bits per heavy atom. The van der Waals surface area contributed by atoms with Crippen LogP contribution in [0.15, 0.2) is 66.7 Å². The van der Waals surface area contributed by atoms with Crippen LogP contribution < -0.4 is 10.5 Å². The first-order valence-corrected chi connectivity index (χ1v) is 14.3. The molecule has 0 bridgehead atoms. The lowest BCUT2D eigenvalue weighted by atomic mass is 9.85. The number of aromatic nitrogens is 1. The van der Waals surface area contributed by atoms with Gasteiger partial charge in [0.15, 0.2) is 0 Å². The number of hydrogen-bond acceptors (Lipinski definition) is 4. The minimum Gasteiger partial charge on any atom is -0.494 e. The van der Waals surface area contributed by atoms with E-state index in [0.29, 0.717) is 24.6 Å². The maximum atomic E-state index is 13.9. The topological polar surface area (TPSA) is 74.6 Å². The molecule has 0 saturated carbocycles. The number of piperazine rings is 1. The summed E-state index contributed by atoms with van der Waals surface area (Å²) in [7, 11) is 0. The molecular weight excluding hydrogens is 527 g/mol. The number of aromatic amines is 1. The van der Waals surface area contributed by atoms with Crippen molar-refractivity contribution in [3.8, 4) is 5.75 Å². The Morgan fingerprint density at radius 1 is 1.05 bits per heavy atom. The molecule has 0 radical (unpaired) electrons. The van der Waals surface area contributed by atoms with Gasteiger partial charge in [0.05, 0.1) is 6.61 Å². The van der Waals surface area contributed by atoms with Crippen LogP contribution in [0.3, 0.4) is 0 Å². The van der Waals surface area contributed by atoms with E-state index in [1.165, 1.54) is 12.1 Å². The van der Waals surface area contributed by atoms with E-state index < -0.39 is 0 Å². The summed E-state index contributed by atoms with van der Waals surface area (Å²) >= 11 is 6.36. The Balaban J connectivity index is 1.37. The van der Waals surface area contributed by atoms with Crippen LogP contribution in [-0.4, -0.2) is 66.6 Å². The van der Waals surface area contributed by atoms with Crippen LogP contribution in [0.2, 0.25) is 5.02 Å². The molecule has 3 N–H and O–H groups in total. The molecule has 4 aromatic rings. The molecule has 6 nitrogen and oxygen atoms in total. The van der Waals surface area contributed by atoms with Crippen LogP contribution >= 0.6 is 11.6 Å². The zero-order valence-corrected chi connectivity index (χ0v) is 23.6. The number of ether oxygens (including phenoxy) is 1. The van der Waals surface area contributed by atoms with Crippen molar-refractivity contribution < 1.29 is 13.9 Å². The Morgan fingerprint density at radius 2 is 1.82 bits per heavy atom. The van der Waals surface area contributed by atoms with Crippen molar-refractivity contribution in [2.24, 2.45) is 5.73 Å². The lowest BCUT2D eigenvalue weighted by Crippen LogP contribution is -2.48. The van der Waals surface area contributed by atoms with Gasteiger partial charge in [-0.2, -0.15) is 0 Å². The summed E-state index contributed by atoms with van der Waals surface area (Å²) in [5.74, 6) is 0.501. The van der Waals surface area contributed by atoms with Crippen molar-refractivity contribution in [1.29, 1.82) is 0 Å². The second kappa shape index (κ2) is 12.9. The highest BCUT2D eigenvalue weighted by Crippen LogP contribution is 2.38. The van der Waals surface area contributed by atoms with E-state index in [9.17, 15) is 9.18 Å². The molecule has 8 heteroatoms. The first kappa shape index (κ1) is 28.1. The summed E-state index contributed by atoms with van der Waals surface area (Å²) in [6.07, 6.45) is 1.58. The number of nitrogens with one attached hydrogen (secondary N) is 1. The van der Waals surface area contributed by atoms with Gasteiger partial charge in [-0.3, -0.25) is 9.69 Å². The number of rotatable bonds is 10. The molecule has 1 atom stereocenters. The second-order valence-electron chi connectivity index (χ2n) is 10.4. The molecule has 40 heavy (non-hydrogen) atoms. The van der Waals surface area contributed by atoms with Gasteiger partial charge in [0.25, 0.3) is 0 Å². The first-order valence-electron chi connectivity index (χ1n) is 13.9. The molecule has 3 aromatic carbocycles. The molecule has 1 amide bonds. The number of halogens is 2. The third-order valence-corrected chi connectivity index (χ3v) is 7.92. The van der Waals surface area contributed by atoms with Crippen LogP contribution in [0.5, 0.6) is 5.75 Å². The standard InChI is InChI=1S/C32H36ClFN4O2/c1-22(39)38-17-15-37(16-18-38)14-3-19-40-27-5-2-4-24(20-27)31(23-6-9-26(34)10-7-23)32-28(12-13-35)29-21-25(33)8-11-30(29)36-32/h2,4-11,20-21,31,36H,3,12-19,35H2,1H3. The average molecular weight is 563 g/mol. The van der Waals surface area contributed by atoms with Gasteiger partial charge in [-0.1, -0.05) is 35.9 Å². The Hall–Kier alpha value is -3.39. The number of benzene rings is 3. The van der Waals surface area contributed by atoms with Crippen molar-refractivity contribution in [3.63, 3.8) is 0 Å². The van der Waals surface area contributed by atoms with E-state index >= 15 is 0 Å². The molecule has 0 spiro atoms. The molecule has 1 aliphatic heterocycles. The van der Waals surface area contributed by atoms with Crippen molar-refractivity contribution >= 4 is 28.4 Å². The van der Waals surface area contributed by atoms with E-state index in [4.69, 9.17) is 22.1 Å². The minimum atomic E-state index is -0.270. The molecule has 0 aliphatic carbocycles. The number of H-pyrrole nitrogens is 1. The molecule has 1 saturated heterocycles. The summed E-state index contributed by atoms with van der Waals surface area (Å²) in [4.78, 5) is 19.5. The van der Waals surface area contributed by atoms with Crippen LogP contribution in [0.1, 0.15) is 41.6 Å². The van der Waals surface area contributed by atoms with Gasteiger partial charge in [-0.25, -0.2) is 4.39 Å². The van der Waals surface area contributed by atoms with Gasteiger partial charge >= 0.3 is 0 Å². The highest BCUT2D eigenvalue weighted by atomic mass is 35.5. The van der Waals surface area contributed by atoms with E-state index in [0.717, 1.165) is 78.2 Å². The van der Waals surface area contributed by atoms with Gasteiger partial charge in [0.2, 0.25) is 5.91 Å². The normalized spacial score (nSPS) is 14.9. The third-order valence-electron chi connectivity index (χ3n) is 7.68. The van der Waals surface area contributed by atoms with Gasteiger partial charge in [0.1, 0.15) is 11.6 Å². The largest absolute Gasteiger partial charge is 0.494 e. The molecule has 2 heterocycles. The van der Waals surface area contributed by atoms with Gasteiger partial charge in [-0.15, -0.1) is 0 Å². The van der Waals surface area contributed by atoms with E-state index in [-0.39, 0.29) is 17.6 Å². The van der Waals surface area contributed by atoms with Crippen LogP contribution in [-0.2, 0) is 11.2 Å². The number of carbonyl (C=O) groups excluding carboxylic acids is 1. The van der Waals surface area contributed by atoms with Crippen LogP contribution in [0.25, 0.3) is 10.9 Å². The Kier molecular flexibility index (Phi) is 9.04.